The number of aliphatic hydroxyl groups excluding tert-OH is 1. The third-order valence-electron chi connectivity index (χ3n) is 3.49. The minimum absolute atomic E-state index is 0.0319. The molecule has 4 nitrogen and oxygen atoms in total. The zero-order chi connectivity index (χ0) is 16.3. The number of nitrogens with zero attached hydrogens (tertiary/aromatic N) is 1. The van der Waals surface area contributed by atoms with Crippen molar-refractivity contribution in [2.75, 3.05) is 40.0 Å². The van der Waals surface area contributed by atoms with Gasteiger partial charge in [0.1, 0.15) is 0 Å². The highest BCUT2D eigenvalue weighted by atomic mass is 16.5. The van der Waals surface area contributed by atoms with Gasteiger partial charge >= 0.3 is 0 Å². The van der Waals surface area contributed by atoms with Crippen molar-refractivity contribution in [3.8, 4) is 0 Å². The highest BCUT2D eigenvalue weighted by molar-refractivity contribution is 4.67. The first-order valence-electron chi connectivity index (χ1n) is 8.36. The van der Waals surface area contributed by atoms with Gasteiger partial charge in [0, 0.05) is 13.7 Å². The fraction of sp³-hybridized carbons (Fsp3) is 1.00. The molecule has 0 saturated carbocycles. The average molecular weight is 303 g/mol. The highest BCUT2D eigenvalue weighted by Gasteiger charge is 2.14. The van der Waals surface area contributed by atoms with Crippen molar-refractivity contribution in [3.63, 3.8) is 0 Å². The molecule has 0 aliphatic carbocycles. The molecule has 0 bridgehead atoms. The lowest BCUT2D eigenvalue weighted by atomic mass is 10.1. The molecular weight excluding hydrogens is 266 g/mol. The summed E-state index contributed by atoms with van der Waals surface area (Å²) in [4.78, 5) is 2.37. The van der Waals surface area contributed by atoms with Gasteiger partial charge in [0.15, 0.2) is 0 Å². The van der Waals surface area contributed by atoms with Crippen LogP contribution in [0.3, 0.4) is 0 Å². The van der Waals surface area contributed by atoms with Gasteiger partial charge in [0.25, 0.3) is 0 Å². The molecule has 2 unspecified atom stereocenters. The molecule has 21 heavy (non-hydrogen) atoms. The Morgan fingerprint density at radius 1 is 0.905 bits per heavy atom. The van der Waals surface area contributed by atoms with Crippen LogP contribution in [0.4, 0.5) is 0 Å². The Kier molecular flexibility index (Phi) is 12.3. The molecule has 0 saturated heterocycles. The van der Waals surface area contributed by atoms with Crippen LogP contribution >= 0.6 is 0 Å². The fourth-order valence-electron chi connectivity index (χ4n) is 2.08. The van der Waals surface area contributed by atoms with Gasteiger partial charge in [-0.3, -0.25) is 0 Å². The minimum atomic E-state index is -0.427. The van der Waals surface area contributed by atoms with E-state index in [4.69, 9.17) is 9.47 Å². The van der Waals surface area contributed by atoms with Crippen LogP contribution in [0.1, 0.15) is 47.5 Å². The molecule has 128 valence electrons. The Bertz CT molecular complexity index is 222. The van der Waals surface area contributed by atoms with E-state index >= 15 is 0 Å². The lowest BCUT2D eigenvalue weighted by Crippen LogP contribution is -2.38. The molecule has 0 fully saturated rings. The Hall–Kier alpha value is -0.160. The van der Waals surface area contributed by atoms with Crippen molar-refractivity contribution in [2.24, 2.45) is 11.8 Å². The van der Waals surface area contributed by atoms with Crippen LogP contribution < -0.4 is 0 Å². The summed E-state index contributed by atoms with van der Waals surface area (Å²) in [6.45, 7) is 14.7. The summed E-state index contributed by atoms with van der Waals surface area (Å²) in [5, 5.41) is 10.2. The van der Waals surface area contributed by atoms with Crippen LogP contribution in [0, 0.1) is 11.8 Å². The molecule has 0 aromatic heterocycles. The van der Waals surface area contributed by atoms with Gasteiger partial charge in [-0.1, -0.05) is 27.7 Å². The largest absolute Gasteiger partial charge is 0.389 e. The van der Waals surface area contributed by atoms with Crippen molar-refractivity contribution in [1.82, 2.24) is 4.90 Å². The summed E-state index contributed by atoms with van der Waals surface area (Å²) < 4.78 is 10.6. The predicted octanol–water partition coefficient (Wildman–Crippen LogP) is 2.79. The number of ether oxygens (including phenoxy) is 2. The number of aliphatic hydroxyl groups is 1. The second kappa shape index (κ2) is 12.4. The molecule has 0 spiro atoms. The van der Waals surface area contributed by atoms with E-state index < -0.39 is 6.10 Å². The maximum Gasteiger partial charge on any atom is 0.0900 e. The van der Waals surface area contributed by atoms with Crippen LogP contribution in [-0.2, 0) is 9.47 Å². The van der Waals surface area contributed by atoms with Gasteiger partial charge in [0.05, 0.1) is 25.4 Å². The molecule has 0 aliphatic heterocycles. The molecular formula is C17H37NO3. The molecule has 0 aromatic carbocycles. The maximum absolute atomic E-state index is 10.2. The number of methoxy groups -OCH3 is 1. The van der Waals surface area contributed by atoms with Gasteiger partial charge in [-0.2, -0.15) is 0 Å². The average Bonchev–Trinajstić information content (AvgIpc) is 2.39. The van der Waals surface area contributed by atoms with Crippen molar-refractivity contribution in [2.45, 2.75) is 59.7 Å². The number of rotatable bonds is 13. The summed E-state index contributed by atoms with van der Waals surface area (Å²) in [6, 6.07) is 0. The maximum atomic E-state index is 10.2. The third kappa shape index (κ3) is 13.2. The Morgan fingerprint density at radius 3 is 1.86 bits per heavy atom. The molecule has 0 aliphatic rings. The first-order valence-corrected chi connectivity index (χ1v) is 8.36. The lowest BCUT2D eigenvalue weighted by Gasteiger charge is -2.27. The SMILES string of the molecule is COCC(C)OCC(O)CN(CCC(C)C)CCC(C)C. The monoisotopic (exact) mass is 303 g/mol. The van der Waals surface area contributed by atoms with E-state index in [0.29, 0.717) is 31.6 Å². The topological polar surface area (TPSA) is 41.9 Å². The van der Waals surface area contributed by atoms with Gasteiger partial charge < -0.3 is 19.5 Å². The van der Waals surface area contributed by atoms with Gasteiger partial charge in [-0.05, 0) is 44.7 Å². The van der Waals surface area contributed by atoms with Gasteiger partial charge in [-0.15, -0.1) is 0 Å². The molecule has 0 rings (SSSR count). The van der Waals surface area contributed by atoms with Crippen molar-refractivity contribution in [3.05, 3.63) is 0 Å². The summed E-state index contributed by atoms with van der Waals surface area (Å²) in [5.41, 5.74) is 0. The van der Waals surface area contributed by atoms with Crippen LogP contribution in [0.5, 0.6) is 0 Å². The van der Waals surface area contributed by atoms with Crippen LogP contribution in [-0.4, -0.2) is 62.2 Å². The van der Waals surface area contributed by atoms with E-state index in [1.807, 2.05) is 6.92 Å². The molecule has 0 amide bonds. The van der Waals surface area contributed by atoms with Crippen molar-refractivity contribution >= 4 is 0 Å². The summed E-state index contributed by atoms with van der Waals surface area (Å²) in [5.74, 6) is 1.39. The normalized spacial score (nSPS) is 15.1. The first-order chi connectivity index (χ1) is 9.85. The molecule has 0 heterocycles. The van der Waals surface area contributed by atoms with Crippen molar-refractivity contribution in [1.29, 1.82) is 0 Å². The van der Waals surface area contributed by atoms with E-state index in [1.165, 1.54) is 12.8 Å². The Labute approximate surface area is 131 Å². The van der Waals surface area contributed by atoms with Gasteiger partial charge in [0.2, 0.25) is 0 Å². The van der Waals surface area contributed by atoms with E-state index in [-0.39, 0.29) is 6.10 Å². The molecule has 0 aromatic rings. The summed E-state index contributed by atoms with van der Waals surface area (Å²) in [7, 11) is 1.66. The van der Waals surface area contributed by atoms with E-state index in [9.17, 15) is 5.11 Å². The quantitative estimate of drug-likeness (QED) is 0.568. The Morgan fingerprint density at radius 2 is 1.43 bits per heavy atom. The molecule has 4 heteroatoms. The summed E-state index contributed by atoms with van der Waals surface area (Å²) >= 11 is 0. The smallest absolute Gasteiger partial charge is 0.0900 e. The first kappa shape index (κ1) is 20.8. The molecule has 0 radical (unpaired) electrons. The summed E-state index contributed by atoms with van der Waals surface area (Å²) in [6.07, 6.45) is 1.95. The lowest BCUT2D eigenvalue weighted by molar-refractivity contribution is -0.0401. The fourth-order valence-corrected chi connectivity index (χ4v) is 2.08. The van der Waals surface area contributed by atoms with E-state index in [0.717, 1.165) is 13.1 Å². The number of hydrogen-bond donors (Lipinski definition) is 1. The van der Waals surface area contributed by atoms with Crippen molar-refractivity contribution < 1.29 is 14.6 Å². The molecule has 1 N–H and O–H groups in total. The standard InChI is InChI=1S/C17H37NO3/c1-14(2)7-9-18(10-8-15(3)4)11-17(19)13-21-16(5)12-20-6/h14-17,19H,7-13H2,1-6H3. The van der Waals surface area contributed by atoms with Crippen LogP contribution in [0.15, 0.2) is 0 Å². The highest BCUT2D eigenvalue weighted by Crippen LogP contribution is 2.08. The second-order valence-corrected chi connectivity index (χ2v) is 6.92. The van der Waals surface area contributed by atoms with Crippen LogP contribution in [0.25, 0.3) is 0 Å². The predicted molar refractivity (Wildman–Crippen MR) is 88.6 cm³/mol. The third-order valence-corrected chi connectivity index (χ3v) is 3.49. The van der Waals surface area contributed by atoms with E-state index in [1.54, 1.807) is 7.11 Å². The number of hydrogen-bond acceptors (Lipinski definition) is 4. The molecule has 2 atom stereocenters. The zero-order valence-corrected chi connectivity index (χ0v) is 15.0. The zero-order valence-electron chi connectivity index (χ0n) is 15.0. The Balaban J connectivity index is 4.10. The minimum Gasteiger partial charge on any atom is -0.389 e. The van der Waals surface area contributed by atoms with Crippen LogP contribution in [0.2, 0.25) is 0 Å². The van der Waals surface area contributed by atoms with E-state index in [2.05, 4.69) is 32.6 Å². The van der Waals surface area contributed by atoms with Gasteiger partial charge in [-0.25, -0.2) is 0 Å². The second-order valence-electron chi connectivity index (χ2n) is 6.92.